The Labute approximate surface area is 211 Å². The topological polar surface area (TPSA) is 163 Å². The SMILES string of the molecule is CC(C)CC(CC(=O)NO)C(=O)N[C@@H](Cc1ccc2ccccc2c1)C(=O)N[C@@H](C)C(=O)NCCN. The van der Waals surface area contributed by atoms with Gasteiger partial charge in [0.15, 0.2) is 0 Å². The van der Waals surface area contributed by atoms with E-state index in [2.05, 4.69) is 16.0 Å². The van der Waals surface area contributed by atoms with Gasteiger partial charge in [0.1, 0.15) is 12.1 Å². The van der Waals surface area contributed by atoms with Crippen LogP contribution in [0.5, 0.6) is 0 Å². The summed E-state index contributed by atoms with van der Waals surface area (Å²) in [5.74, 6) is -2.71. The zero-order valence-electron chi connectivity index (χ0n) is 21.0. The highest BCUT2D eigenvalue weighted by Gasteiger charge is 2.29. The maximum Gasteiger partial charge on any atom is 0.244 e. The molecule has 196 valence electrons. The first-order valence-corrected chi connectivity index (χ1v) is 12.1. The summed E-state index contributed by atoms with van der Waals surface area (Å²) in [6.45, 7) is 5.92. The van der Waals surface area contributed by atoms with Crippen LogP contribution in [0, 0.1) is 11.8 Å². The molecule has 0 fully saturated rings. The first-order valence-electron chi connectivity index (χ1n) is 12.1. The van der Waals surface area contributed by atoms with Crippen molar-refractivity contribution in [3.05, 3.63) is 48.0 Å². The zero-order chi connectivity index (χ0) is 26.7. The van der Waals surface area contributed by atoms with Crippen molar-refractivity contribution in [2.75, 3.05) is 13.1 Å². The van der Waals surface area contributed by atoms with Crippen LogP contribution in [0.3, 0.4) is 0 Å². The van der Waals surface area contributed by atoms with Gasteiger partial charge in [0, 0.05) is 31.8 Å². The van der Waals surface area contributed by atoms with E-state index >= 15 is 0 Å². The van der Waals surface area contributed by atoms with E-state index < -0.39 is 35.7 Å². The second-order valence-electron chi connectivity index (χ2n) is 9.32. The molecule has 36 heavy (non-hydrogen) atoms. The molecular formula is C26H37N5O5. The molecule has 0 heterocycles. The summed E-state index contributed by atoms with van der Waals surface area (Å²) in [5.41, 5.74) is 7.80. The molecule has 0 saturated carbocycles. The molecule has 0 bridgehead atoms. The summed E-state index contributed by atoms with van der Waals surface area (Å²) in [7, 11) is 0. The predicted molar refractivity (Wildman–Crippen MR) is 137 cm³/mol. The average molecular weight is 500 g/mol. The molecule has 4 amide bonds. The van der Waals surface area contributed by atoms with Crippen LogP contribution in [0.25, 0.3) is 10.8 Å². The van der Waals surface area contributed by atoms with Crippen LogP contribution in [-0.4, -0.2) is 54.0 Å². The molecular weight excluding hydrogens is 462 g/mol. The molecule has 1 unspecified atom stereocenters. The van der Waals surface area contributed by atoms with E-state index in [0.29, 0.717) is 6.42 Å². The van der Waals surface area contributed by atoms with E-state index in [1.54, 1.807) is 12.4 Å². The second-order valence-corrected chi connectivity index (χ2v) is 9.32. The van der Waals surface area contributed by atoms with Crippen molar-refractivity contribution < 1.29 is 24.4 Å². The fourth-order valence-corrected chi connectivity index (χ4v) is 3.95. The minimum absolute atomic E-state index is 0.103. The Bertz CT molecular complexity index is 1060. The molecule has 10 heteroatoms. The highest BCUT2D eigenvalue weighted by Crippen LogP contribution is 2.19. The number of nitrogens with two attached hydrogens (primary N) is 1. The molecule has 0 spiro atoms. The van der Waals surface area contributed by atoms with E-state index in [0.717, 1.165) is 16.3 Å². The van der Waals surface area contributed by atoms with Gasteiger partial charge in [-0.05, 0) is 35.6 Å². The van der Waals surface area contributed by atoms with Crippen LogP contribution < -0.4 is 27.2 Å². The van der Waals surface area contributed by atoms with Gasteiger partial charge in [0.05, 0.1) is 0 Å². The summed E-state index contributed by atoms with van der Waals surface area (Å²) in [6, 6.07) is 11.7. The van der Waals surface area contributed by atoms with Gasteiger partial charge in [-0.25, -0.2) is 5.48 Å². The van der Waals surface area contributed by atoms with Gasteiger partial charge in [-0.2, -0.15) is 0 Å². The van der Waals surface area contributed by atoms with Crippen molar-refractivity contribution in [1.82, 2.24) is 21.4 Å². The minimum atomic E-state index is -0.990. The molecule has 0 radical (unpaired) electrons. The highest BCUT2D eigenvalue weighted by atomic mass is 16.5. The van der Waals surface area contributed by atoms with Crippen molar-refractivity contribution in [1.29, 1.82) is 0 Å². The van der Waals surface area contributed by atoms with E-state index in [9.17, 15) is 19.2 Å². The Hall–Kier alpha value is -3.50. The Kier molecular flexibility index (Phi) is 11.3. The third-order valence-corrected chi connectivity index (χ3v) is 5.77. The van der Waals surface area contributed by atoms with E-state index in [1.165, 1.54) is 0 Å². The number of carbonyl (C=O) groups is 4. The lowest BCUT2D eigenvalue weighted by molar-refractivity contribution is -0.137. The first-order chi connectivity index (χ1) is 17.1. The van der Waals surface area contributed by atoms with Gasteiger partial charge >= 0.3 is 0 Å². The number of benzene rings is 2. The number of hydrogen-bond donors (Lipinski definition) is 6. The van der Waals surface area contributed by atoms with Crippen LogP contribution in [0.15, 0.2) is 42.5 Å². The van der Waals surface area contributed by atoms with Crippen molar-refractivity contribution >= 4 is 34.4 Å². The fraction of sp³-hybridized carbons (Fsp3) is 0.462. The number of fused-ring (bicyclic) bond motifs is 1. The summed E-state index contributed by atoms with van der Waals surface area (Å²) >= 11 is 0. The van der Waals surface area contributed by atoms with Gasteiger partial charge in [-0.1, -0.05) is 56.3 Å². The van der Waals surface area contributed by atoms with E-state index in [-0.39, 0.29) is 37.8 Å². The van der Waals surface area contributed by atoms with Crippen molar-refractivity contribution in [2.24, 2.45) is 17.6 Å². The number of amides is 4. The Morgan fingerprint density at radius 1 is 0.917 bits per heavy atom. The number of nitrogens with one attached hydrogen (secondary N) is 4. The van der Waals surface area contributed by atoms with Crippen LogP contribution in [0.4, 0.5) is 0 Å². The van der Waals surface area contributed by atoms with Gasteiger partial charge < -0.3 is 21.7 Å². The van der Waals surface area contributed by atoms with Crippen LogP contribution in [0.2, 0.25) is 0 Å². The maximum absolute atomic E-state index is 13.2. The average Bonchev–Trinajstić information content (AvgIpc) is 2.85. The van der Waals surface area contributed by atoms with Gasteiger partial charge in [-0.3, -0.25) is 24.4 Å². The summed E-state index contributed by atoms with van der Waals surface area (Å²) in [5, 5.41) is 19.0. The van der Waals surface area contributed by atoms with E-state index in [4.69, 9.17) is 10.9 Å². The number of hydrogen-bond acceptors (Lipinski definition) is 6. The molecule has 10 nitrogen and oxygen atoms in total. The summed E-state index contributed by atoms with van der Waals surface area (Å²) in [4.78, 5) is 50.4. The molecule has 3 atom stereocenters. The zero-order valence-corrected chi connectivity index (χ0v) is 21.0. The lowest BCUT2D eigenvalue weighted by Crippen LogP contribution is -2.54. The number of rotatable bonds is 13. The molecule has 0 aliphatic heterocycles. The maximum atomic E-state index is 13.2. The third-order valence-electron chi connectivity index (χ3n) is 5.77. The first kappa shape index (κ1) is 28.7. The molecule has 0 aliphatic carbocycles. The second kappa shape index (κ2) is 14.2. The van der Waals surface area contributed by atoms with Gasteiger partial charge in [-0.15, -0.1) is 0 Å². The molecule has 0 aromatic heterocycles. The minimum Gasteiger partial charge on any atom is -0.353 e. The van der Waals surface area contributed by atoms with Crippen molar-refractivity contribution in [2.45, 2.75) is 52.1 Å². The summed E-state index contributed by atoms with van der Waals surface area (Å²) < 4.78 is 0. The summed E-state index contributed by atoms with van der Waals surface area (Å²) in [6.07, 6.45) is 0.352. The van der Waals surface area contributed by atoms with Crippen LogP contribution in [0.1, 0.15) is 39.2 Å². The van der Waals surface area contributed by atoms with Gasteiger partial charge in [0.25, 0.3) is 0 Å². The lowest BCUT2D eigenvalue weighted by atomic mass is 9.92. The highest BCUT2D eigenvalue weighted by molar-refractivity contribution is 5.93. The Morgan fingerprint density at radius 3 is 2.25 bits per heavy atom. The molecule has 2 rings (SSSR count). The van der Waals surface area contributed by atoms with Crippen LogP contribution >= 0.6 is 0 Å². The Balaban J connectivity index is 2.26. The quantitative estimate of drug-likeness (QED) is 0.178. The molecule has 0 aliphatic rings. The third kappa shape index (κ3) is 8.94. The largest absolute Gasteiger partial charge is 0.353 e. The molecule has 0 saturated heterocycles. The van der Waals surface area contributed by atoms with Crippen molar-refractivity contribution in [3.63, 3.8) is 0 Å². The van der Waals surface area contributed by atoms with E-state index in [1.807, 2.05) is 56.3 Å². The van der Waals surface area contributed by atoms with Crippen molar-refractivity contribution in [3.8, 4) is 0 Å². The fourth-order valence-electron chi connectivity index (χ4n) is 3.95. The normalized spacial score (nSPS) is 13.5. The number of carbonyl (C=O) groups excluding carboxylic acids is 4. The smallest absolute Gasteiger partial charge is 0.244 e. The van der Waals surface area contributed by atoms with Gasteiger partial charge in [0.2, 0.25) is 23.6 Å². The predicted octanol–water partition coefficient (Wildman–Crippen LogP) is 1.00. The van der Waals surface area contributed by atoms with Crippen LogP contribution in [-0.2, 0) is 25.6 Å². The monoisotopic (exact) mass is 499 g/mol. The lowest BCUT2D eigenvalue weighted by Gasteiger charge is -2.24. The standard InChI is InChI=1S/C26H37N5O5/c1-16(2)12-21(15-23(32)31-36)25(34)30-22(26(35)29-17(3)24(33)28-11-10-27)14-18-8-9-19-6-4-5-7-20(19)13-18/h4-9,13,16-17,21-22,36H,10-12,14-15,27H2,1-3H3,(H,28,33)(H,29,35)(H,30,34)(H,31,32)/t17-,21?,22-/m0/s1. The molecule has 7 N–H and O–H groups in total. The number of hydroxylamine groups is 1. The molecule has 2 aromatic carbocycles. The molecule has 2 aromatic rings. The Morgan fingerprint density at radius 2 is 1.61 bits per heavy atom.